The summed E-state index contributed by atoms with van der Waals surface area (Å²) in [7, 11) is 0. The van der Waals surface area contributed by atoms with Crippen LogP contribution in [0.25, 0.3) is 154 Å². The van der Waals surface area contributed by atoms with Crippen molar-refractivity contribution in [2.45, 2.75) is 0 Å². The van der Waals surface area contributed by atoms with Gasteiger partial charge in [-0.2, -0.15) is 0 Å². The maximum atomic E-state index is 2.46. The quantitative estimate of drug-likeness (QED) is 0.123. The minimum Gasteiger partial charge on any atom is -0.0622 e. The van der Waals surface area contributed by atoms with Crippen molar-refractivity contribution < 1.29 is 0 Å². The van der Waals surface area contributed by atoms with Crippen molar-refractivity contribution in [3.8, 4) is 89.0 Å². The monoisotopic (exact) mass is 804 g/mol. The first kappa shape index (κ1) is 34.3. The Morgan fingerprint density at radius 1 is 0.172 bits per heavy atom. The van der Waals surface area contributed by atoms with E-state index in [1.807, 2.05) is 0 Å². The van der Waals surface area contributed by atoms with Crippen LogP contribution in [0.3, 0.4) is 0 Å². The van der Waals surface area contributed by atoms with E-state index >= 15 is 0 Å². The molecule has 13 aromatic rings. The molecule has 0 heteroatoms. The average Bonchev–Trinajstić information content (AvgIpc) is 3.88. The van der Waals surface area contributed by atoms with Crippen molar-refractivity contribution >= 4 is 64.6 Å². The van der Waals surface area contributed by atoms with Crippen LogP contribution in [0.2, 0.25) is 0 Å². The highest BCUT2D eigenvalue weighted by Gasteiger charge is 2.33. The fourth-order valence-electron chi connectivity index (χ4n) is 11.9. The van der Waals surface area contributed by atoms with E-state index in [0.29, 0.717) is 0 Å². The Bertz CT molecular complexity index is 3860. The van der Waals surface area contributed by atoms with Crippen LogP contribution < -0.4 is 0 Å². The van der Waals surface area contributed by atoms with Gasteiger partial charge in [-0.25, -0.2) is 0 Å². The Balaban J connectivity index is 1.08. The molecule has 0 aromatic heterocycles. The van der Waals surface area contributed by atoms with Gasteiger partial charge in [0.05, 0.1) is 0 Å². The molecule has 0 nitrogen and oxygen atoms in total. The normalized spacial score (nSPS) is 12.4. The molecule has 0 amide bonds. The summed E-state index contributed by atoms with van der Waals surface area (Å²) in [6, 6.07) is 82.2. The summed E-state index contributed by atoms with van der Waals surface area (Å²) in [5.41, 5.74) is 20.6. The zero-order chi connectivity index (χ0) is 41.6. The molecule has 0 unspecified atom stereocenters. The molecule has 0 saturated carbocycles. The van der Waals surface area contributed by atoms with Crippen molar-refractivity contribution in [2.24, 2.45) is 0 Å². The van der Waals surface area contributed by atoms with Crippen LogP contribution in [0, 0.1) is 0 Å². The first-order chi connectivity index (χ1) is 31.8. The molecule has 15 rings (SSSR count). The topological polar surface area (TPSA) is 0 Å². The Morgan fingerprint density at radius 2 is 0.500 bits per heavy atom. The van der Waals surface area contributed by atoms with E-state index in [-0.39, 0.29) is 0 Å². The zero-order valence-corrected chi connectivity index (χ0v) is 34.8. The smallest absolute Gasteiger partial charge is 0.000740 e. The van der Waals surface area contributed by atoms with Gasteiger partial charge in [0.2, 0.25) is 0 Å². The van der Waals surface area contributed by atoms with Gasteiger partial charge in [-0.05, 0) is 166 Å². The van der Waals surface area contributed by atoms with Crippen LogP contribution in [-0.2, 0) is 0 Å². The van der Waals surface area contributed by atoms with Gasteiger partial charge in [0.25, 0.3) is 0 Å². The van der Waals surface area contributed by atoms with E-state index in [4.69, 9.17) is 0 Å². The molecule has 0 radical (unpaired) electrons. The van der Waals surface area contributed by atoms with Crippen molar-refractivity contribution in [1.82, 2.24) is 0 Å². The molecule has 64 heavy (non-hydrogen) atoms. The van der Waals surface area contributed by atoms with E-state index < -0.39 is 0 Å². The van der Waals surface area contributed by atoms with E-state index in [2.05, 4.69) is 218 Å². The molecule has 0 fully saturated rings. The van der Waals surface area contributed by atoms with Crippen LogP contribution in [0.5, 0.6) is 0 Å². The first-order valence-corrected chi connectivity index (χ1v) is 22.4. The molecule has 292 valence electrons. The van der Waals surface area contributed by atoms with Gasteiger partial charge >= 0.3 is 0 Å². The highest BCUT2D eigenvalue weighted by atomic mass is 14.4. The second kappa shape index (κ2) is 12.6. The van der Waals surface area contributed by atoms with Crippen molar-refractivity contribution in [3.63, 3.8) is 0 Å². The second-order valence-electron chi connectivity index (χ2n) is 17.8. The molecule has 2 aliphatic rings. The average molecular weight is 805 g/mol. The number of benzene rings is 13. The van der Waals surface area contributed by atoms with Gasteiger partial charge in [-0.1, -0.05) is 206 Å². The standard InChI is InChI=1S/C64H36/c1-3-11-37(12-4-1)39-19-23-41(24-20-39)57-55-35-43-15-7-8-16-44(43)36-56(55)58(42-25-21-40(22-26-42)38-13-5-2-6-14-38)64-54-34-32-52-50-30-28-48-46-18-10-9-17-45(46)47-27-29-49(60(50)59(47)48)51-31-33-53(63(57)64)62(54)61(51)52/h1-36H. The summed E-state index contributed by atoms with van der Waals surface area (Å²) in [4.78, 5) is 0. The number of hydrogen-bond acceptors (Lipinski definition) is 0. The van der Waals surface area contributed by atoms with E-state index in [0.717, 1.165) is 0 Å². The summed E-state index contributed by atoms with van der Waals surface area (Å²) in [5.74, 6) is 0. The van der Waals surface area contributed by atoms with E-state index in [1.54, 1.807) is 0 Å². The van der Waals surface area contributed by atoms with Crippen LogP contribution in [-0.4, -0.2) is 0 Å². The molecular formula is C64H36. The molecular weight excluding hydrogens is 769 g/mol. The first-order valence-electron chi connectivity index (χ1n) is 22.4. The molecule has 0 bridgehead atoms. The van der Waals surface area contributed by atoms with E-state index in [1.165, 1.54) is 154 Å². The molecule has 0 atom stereocenters. The number of fused-ring (bicyclic) bond motifs is 10. The highest BCUT2D eigenvalue weighted by Crippen LogP contribution is 2.61. The predicted molar refractivity (Wildman–Crippen MR) is 273 cm³/mol. The largest absolute Gasteiger partial charge is 0.0622 e. The van der Waals surface area contributed by atoms with Gasteiger partial charge in [-0.15, -0.1) is 0 Å². The molecule has 0 aliphatic heterocycles. The SMILES string of the molecule is c1ccc(-c2ccc(-c3c4c(c(-c5ccc(-c6ccccc6)cc5)c5cc6ccccc6cc35)-c3ccc5c6ccc7c8c(ccc(c9ccc-4c3c95)c86)-c3ccccc3-7)cc2)cc1. The lowest BCUT2D eigenvalue weighted by atomic mass is 9.81. The van der Waals surface area contributed by atoms with Gasteiger partial charge in [-0.3, -0.25) is 0 Å². The Kier molecular flexibility index (Phi) is 6.77. The third-order valence-electron chi connectivity index (χ3n) is 14.7. The Morgan fingerprint density at radius 3 is 0.922 bits per heavy atom. The Labute approximate surface area is 370 Å². The molecule has 2 aliphatic carbocycles. The van der Waals surface area contributed by atoms with Crippen molar-refractivity contribution in [3.05, 3.63) is 218 Å². The second-order valence-corrected chi connectivity index (χ2v) is 17.8. The molecule has 0 N–H and O–H groups in total. The lowest BCUT2D eigenvalue weighted by Gasteiger charge is -2.21. The summed E-state index contributed by atoms with van der Waals surface area (Å²) in [6.45, 7) is 0. The third-order valence-corrected chi connectivity index (χ3v) is 14.7. The Hall–Kier alpha value is -8.32. The van der Waals surface area contributed by atoms with Crippen molar-refractivity contribution in [2.75, 3.05) is 0 Å². The summed E-state index contributed by atoms with van der Waals surface area (Å²) < 4.78 is 0. The zero-order valence-electron chi connectivity index (χ0n) is 34.8. The molecule has 0 saturated heterocycles. The number of rotatable bonds is 4. The fraction of sp³-hybridized carbons (Fsp3) is 0. The van der Waals surface area contributed by atoms with Crippen LogP contribution >= 0.6 is 0 Å². The van der Waals surface area contributed by atoms with Crippen LogP contribution in [0.4, 0.5) is 0 Å². The van der Waals surface area contributed by atoms with Gasteiger partial charge in [0.15, 0.2) is 0 Å². The highest BCUT2D eigenvalue weighted by molar-refractivity contribution is 6.41. The molecule has 0 spiro atoms. The molecule has 0 heterocycles. The summed E-state index contributed by atoms with van der Waals surface area (Å²) >= 11 is 0. The minimum absolute atomic E-state index is 1.22. The predicted octanol–water partition coefficient (Wildman–Crippen LogP) is 18.0. The third kappa shape index (κ3) is 4.51. The lowest BCUT2D eigenvalue weighted by molar-refractivity contribution is 1.59. The maximum Gasteiger partial charge on any atom is -0.000740 e. The lowest BCUT2D eigenvalue weighted by Crippen LogP contribution is -1.94. The summed E-state index contributed by atoms with van der Waals surface area (Å²) in [6.07, 6.45) is 0. The van der Waals surface area contributed by atoms with Gasteiger partial charge < -0.3 is 0 Å². The fourth-order valence-corrected chi connectivity index (χ4v) is 11.9. The van der Waals surface area contributed by atoms with Gasteiger partial charge in [0, 0.05) is 0 Å². The van der Waals surface area contributed by atoms with E-state index in [9.17, 15) is 0 Å². The van der Waals surface area contributed by atoms with Crippen LogP contribution in [0.1, 0.15) is 0 Å². The van der Waals surface area contributed by atoms with Crippen molar-refractivity contribution in [1.29, 1.82) is 0 Å². The van der Waals surface area contributed by atoms with Gasteiger partial charge in [0.1, 0.15) is 0 Å². The molecule has 13 aromatic carbocycles. The summed E-state index contributed by atoms with van der Waals surface area (Å²) in [5, 5.41) is 15.9. The number of hydrogen-bond donors (Lipinski definition) is 0. The minimum atomic E-state index is 1.22. The van der Waals surface area contributed by atoms with Crippen LogP contribution in [0.15, 0.2) is 218 Å². The maximum absolute atomic E-state index is 2.46.